The van der Waals surface area contributed by atoms with Crippen LogP contribution in [0.3, 0.4) is 0 Å². The van der Waals surface area contributed by atoms with Crippen molar-refractivity contribution in [2.75, 3.05) is 11.5 Å². The quantitative estimate of drug-likeness (QED) is 0.676. The van der Waals surface area contributed by atoms with E-state index in [1.54, 1.807) is 0 Å². The van der Waals surface area contributed by atoms with Crippen molar-refractivity contribution in [2.24, 2.45) is 11.8 Å². The molecule has 4 aliphatic rings. The van der Waals surface area contributed by atoms with Gasteiger partial charge in [-0.3, -0.25) is 9.59 Å². The van der Waals surface area contributed by atoms with Crippen LogP contribution in [-0.2, 0) is 15.0 Å². The van der Waals surface area contributed by atoms with Crippen LogP contribution in [0.5, 0.6) is 0 Å². The molecule has 30 heavy (non-hydrogen) atoms. The van der Waals surface area contributed by atoms with E-state index < -0.39 is 17.3 Å². The monoisotopic (exact) mass is 395 g/mol. The Morgan fingerprint density at radius 1 is 0.833 bits per heavy atom. The second-order valence-electron chi connectivity index (χ2n) is 8.58. The normalized spacial score (nSPS) is 28.3. The van der Waals surface area contributed by atoms with E-state index >= 15 is 0 Å². The van der Waals surface area contributed by atoms with Crippen LogP contribution in [0.15, 0.2) is 72.8 Å². The summed E-state index contributed by atoms with van der Waals surface area (Å²) in [6, 6.07) is 23.5. The highest BCUT2D eigenvalue weighted by Gasteiger charge is 2.68. The third-order valence-electron chi connectivity index (χ3n) is 7.40. The first-order valence-corrected chi connectivity index (χ1v) is 10.3. The predicted molar refractivity (Wildman–Crippen MR) is 113 cm³/mol. The van der Waals surface area contributed by atoms with Crippen LogP contribution >= 0.6 is 0 Å². The van der Waals surface area contributed by atoms with Crippen LogP contribution in [0.1, 0.15) is 33.7 Å². The summed E-state index contributed by atoms with van der Waals surface area (Å²) in [7, 11) is 0. The SMILES string of the molecule is Cc1ccccc1N1C(=O)[C@H]2C3c4ccccc4C(CO)(c4ccccc43)[C@H]2C1=O. The van der Waals surface area contributed by atoms with Gasteiger partial charge in [0.1, 0.15) is 0 Å². The Balaban J connectivity index is 1.66. The van der Waals surface area contributed by atoms with Crippen molar-refractivity contribution in [1.82, 2.24) is 0 Å². The van der Waals surface area contributed by atoms with Crippen molar-refractivity contribution < 1.29 is 14.7 Å². The third kappa shape index (κ3) is 1.86. The molecule has 4 nitrogen and oxygen atoms in total. The van der Waals surface area contributed by atoms with Crippen LogP contribution in [-0.4, -0.2) is 23.5 Å². The highest BCUT2D eigenvalue weighted by Crippen LogP contribution is 2.64. The first-order valence-electron chi connectivity index (χ1n) is 10.3. The number of rotatable bonds is 2. The Kier molecular flexibility index (Phi) is 3.46. The molecule has 3 aromatic rings. The zero-order chi connectivity index (χ0) is 20.6. The number of benzene rings is 3. The molecular formula is C26H21NO3. The van der Waals surface area contributed by atoms with E-state index in [0.717, 1.165) is 27.8 Å². The summed E-state index contributed by atoms with van der Waals surface area (Å²) in [6.07, 6.45) is 0. The maximum Gasteiger partial charge on any atom is 0.239 e. The first kappa shape index (κ1) is 17.6. The molecule has 1 saturated heterocycles. The summed E-state index contributed by atoms with van der Waals surface area (Å²) >= 11 is 0. The lowest BCUT2D eigenvalue weighted by Crippen LogP contribution is -2.55. The molecule has 148 valence electrons. The Hall–Kier alpha value is -3.24. The van der Waals surface area contributed by atoms with Crippen LogP contribution in [0.2, 0.25) is 0 Å². The maximum absolute atomic E-state index is 13.9. The molecule has 0 radical (unpaired) electrons. The third-order valence-corrected chi connectivity index (χ3v) is 7.40. The van der Waals surface area contributed by atoms with Crippen molar-refractivity contribution in [1.29, 1.82) is 0 Å². The second-order valence-corrected chi connectivity index (χ2v) is 8.58. The van der Waals surface area contributed by atoms with Gasteiger partial charge in [0.2, 0.25) is 11.8 Å². The summed E-state index contributed by atoms with van der Waals surface area (Å²) in [6.45, 7) is 1.70. The van der Waals surface area contributed by atoms with Crippen LogP contribution in [0, 0.1) is 18.8 Å². The fourth-order valence-electron chi connectivity index (χ4n) is 6.25. The Morgan fingerprint density at radius 3 is 2.00 bits per heavy atom. The second kappa shape index (κ2) is 5.89. The molecule has 0 unspecified atom stereocenters. The van der Waals surface area contributed by atoms with Crippen molar-refractivity contribution >= 4 is 17.5 Å². The number of aliphatic hydroxyl groups is 1. The topological polar surface area (TPSA) is 57.6 Å². The molecule has 0 spiro atoms. The molecule has 1 fully saturated rings. The van der Waals surface area contributed by atoms with Crippen molar-refractivity contribution in [3.8, 4) is 0 Å². The molecule has 3 aliphatic carbocycles. The van der Waals surface area contributed by atoms with Gasteiger partial charge in [-0.25, -0.2) is 4.90 Å². The molecule has 0 saturated carbocycles. The average molecular weight is 395 g/mol. The van der Waals surface area contributed by atoms with Crippen molar-refractivity contribution in [3.05, 3.63) is 101 Å². The molecule has 1 aliphatic heterocycles. The average Bonchev–Trinajstić information content (AvgIpc) is 3.05. The minimum absolute atomic E-state index is 0.161. The molecule has 2 amide bonds. The molecule has 4 heteroatoms. The highest BCUT2D eigenvalue weighted by atomic mass is 16.3. The number of anilines is 1. The zero-order valence-corrected chi connectivity index (χ0v) is 16.6. The molecular weight excluding hydrogens is 374 g/mol. The van der Waals surface area contributed by atoms with Gasteiger partial charge in [0.25, 0.3) is 0 Å². The van der Waals surface area contributed by atoms with Crippen LogP contribution < -0.4 is 4.90 Å². The van der Waals surface area contributed by atoms with E-state index in [2.05, 4.69) is 0 Å². The van der Waals surface area contributed by atoms with E-state index in [1.807, 2.05) is 79.7 Å². The predicted octanol–water partition coefficient (Wildman–Crippen LogP) is 3.54. The molecule has 1 heterocycles. The highest BCUT2D eigenvalue weighted by molar-refractivity contribution is 6.24. The smallest absolute Gasteiger partial charge is 0.239 e. The number of amides is 2. The van der Waals surface area contributed by atoms with Crippen molar-refractivity contribution in [2.45, 2.75) is 18.3 Å². The number of carbonyl (C=O) groups is 2. The lowest BCUT2D eigenvalue weighted by molar-refractivity contribution is -0.124. The largest absolute Gasteiger partial charge is 0.395 e. The Bertz CT molecular complexity index is 1180. The zero-order valence-electron chi connectivity index (χ0n) is 16.6. The molecule has 0 aromatic heterocycles. The van der Waals surface area contributed by atoms with Crippen LogP contribution in [0.4, 0.5) is 5.69 Å². The number of aliphatic hydroxyl groups excluding tert-OH is 1. The molecule has 2 bridgehead atoms. The van der Waals surface area contributed by atoms with E-state index in [9.17, 15) is 14.7 Å². The summed E-state index contributed by atoms with van der Waals surface area (Å²) in [5.41, 5.74) is 4.69. The maximum atomic E-state index is 13.9. The van der Waals surface area contributed by atoms with Gasteiger partial charge < -0.3 is 5.11 Å². The van der Waals surface area contributed by atoms with Crippen LogP contribution in [0.25, 0.3) is 0 Å². The summed E-state index contributed by atoms with van der Waals surface area (Å²) in [4.78, 5) is 29.0. The van der Waals surface area contributed by atoms with Gasteiger partial charge in [0.15, 0.2) is 0 Å². The number of para-hydroxylation sites is 1. The van der Waals surface area contributed by atoms with Gasteiger partial charge in [0, 0.05) is 5.92 Å². The van der Waals surface area contributed by atoms with Crippen molar-refractivity contribution in [3.63, 3.8) is 0 Å². The molecule has 3 aromatic carbocycles. The number of aryl methyl sites for hydroxylation is 1. The summed E-state index contributed by atoms with van der Waals surface area (Å²) < 4.78 is 0. The van der Waals surface area contributed by atoms with E-state index in [1.165, 1.54) is 4.90 Å². The Labute approximate surface area is 174 Å². The fraction of sp³-hybridized carbons (Fsp3) is 0.231. The Morgan fingerprint density at radius 2 is 1.40 bits per heavy atom. The fourth-order valence-corrected chi connectivity index (χ4v) is 6.25. The lowest BCUT2D eigenvalue weighted by Gasteiger charge is -2.53. The van der Waals surface area contributed by atoms with Gasteiger partial charge in [-0.15, -0.1) is 0 Å². The van der Waals surface area contributed by atoms with E-state index in [-0.39, 0.29) is 24.3 Å². The number of carbonyl (C=O) groups excluding carboxylic acids is 2. The minimum Gasteiger partial charge on any atom is -0.395 e. The lowest BCUT2D eigenvalue weighted by atomic mass is 9.47. The number of hydrogen-bond acceptors (Lipinski definition) is 3. The van der Waals surface area contributed by atoms with E-state index in [0.29, 0.717) is 5.69 Å². The summed E-state index contributed by atoms with van der Waals surface area (Å²) in [5.74, 6) is -1.66. The molecule has 1 N–H and O–H groups in total. The van der Waals surface area contributed by atoms with E-state index in [4.69, 9.17) is 0 Å². The number of nitrogens with zero attached hydrogens (tertiary/aromatic N) is 1. The summed E-state index contributed by atoms with van der Waals surface area (Å²) in [5, 5.41) is 10.8. The van der Waals surface area contributed by atoms with Gasteiger partial charge in [-0.2, -0.15) is 0 Å². The first-order chi connectivity index (χ1) is 14.6. The van der Waals surface area contributed by atoms with Gasteiger partial charge in [-0.1, -0.05) is 66.7 Å². The minimum atomic E-state index is -0.906. The van der Waals surface area contributed by atoms with Gasteiger partial charge in [0.05, 0.1) is 29.5 Å². The van der Waals surface area contributed by atoms with Gasteiger partial charge >= 0.3 is 0 Å². The number of imide groups is 1. The standard InChI is InChI=1S/C26H21NO3/c1-15-8-2-7-13-20(15)27-24(29)22-21-16-9-3-5-11-18(16)26(14-28,23(22)25(27)30)19-12-6-4-10-17(19)21/h2-13,21-23,28H,14H2,1H3/t21?,22-,23+,26?/m0/s1. The molecule has 7 rings (SSSR count). The van der Waals surface area contributed by atoms with Gasteiger partial charge in [-0.05, 0) is 40.8 Å². The number of hydrogen-bond donors (Lipinski definition) is 1. The molecule has 2 atom stereocenters.